The molecule has 35 heavy (non-hydrogen) atoms. The van der Waals surface area contributed by atoms with Crippen LogP contribution in [0.4, 0.5) is 4.79 Å². The van der Waals surface area contributed by atoms with Gasteiger partial charge < -0.3 is 20.5 Å². The van der Waals surface area contributed by atoms with Crippen molar-refractivity contribution in [1.29, 1.82) is 0 Å². The third kappa shape index (κ3) is 5.66. The van der Waals surface area contributed by atoms with Crippen molar-refractivity contribution in [3.05, 3.63) is 59.7 Å². The molecule has 1 fully saturated rings. The molecule has 0 saturated heterocycles. The highest BCUT2D eigenvalue weighted by Crippen LogP contribution is 2.44. The van der Waals surface area contributed by atoms with Crippen LogP contribution in [-0.2, 0) is 14.3 Å². The number of fused-ring (bicyclic) bond motifs is 3. The maximum absolute atomic E-state index is 13.1. The molecule has 7 heteroatoms. The minimum Gasteiger partial charge on any atom is -0.481 e. The third-order valence-electron chi connectivity index (χ3n) is 7.48. The molecular formula is C28H34N2O5. The van der Waals surface area contributed by atoms with Gasteiger partial charge in [0, 0.05) is 25.4 Å². The Labute approximate surface area is 206 Å². The van der Waals surface area contributed by atoms with Gasteiger partial charge in [-0.3, -0.25) is 9.59 Å². The zero-order valence-corrected chi connectivity index (χ0v) is 20.2. The van der Waals surface area contributed by atoms with Crippen molar-refractivity contribution in [2.24, 2.45) is 11.3 Å². The van der Waals surface area contributed by atoms with Gasteiger partial charge in [-0.05, 0) is 60.3 Å². The molecule has 0 aromatic heterocycles. The largest absolute Gasteiger partial charge is 0.481 e. The number of hydrogen-bond donors (Lipinski definition) is 3. The summed E-state index contributed by atoms with van der Waals surface area (Å²) in [5.41, 5.74) is 3.96. The molecule has 0 unspecified atom stereocenters. The number of carbonyl (C=O) groups excluding carboxylic acids is 2. The highest BCUT2D eigenvalue weighted by molar-refractivity contribution is 5.84. The van der Waals surface area contributed by atoms with E-state index >= 15 is 0 Å². The van der Waals surface area contributed by atoms with Crippen molar-refractivity contribution in [3.63, 3.8) is 0 Å². The van der Waals surface area contributed by atoms with Crippen molar-refractivity contribution >= 4 is 18.0 Å². The average Bonchev–Trinajstić information content (AvgIpc) is 3.18. The van der Waals surface area contributed by atoms with E-state index in [2.05, 4.69) is 41.8 Å². The number of benzene rings is 2. The van der Waals surface area contributed by atoms with Crippen LogP contribution < -0.4 is 10.6 Å². The van der Waals surface area contributed by atoms with Gasteiger partial charge >= 0.3 is 12.1 Å². The fourth-order valence-corrected chi connectivity index (χ4v) is 5.32. The quantitative estimate of drug-likeness (QED) is 0.453. The van der Waals surface area contributed by atoms with Crippen molar-refractivity contribution < 1.29 is 24.2 Å². The molecule has 186 valence electrons. The Balaban J connectivity index is 1.35. The lowest BCUT2D eigenvalue weighted by atomic mass is 9.70. The number of nitrogens with one attached hydrogen (secondary N) is 2. The lowest BCUT2D eigenvalue weighted by Crippen LogP contribution is -2.50. The van der Waals surface area contributed by atoms with Crippen molar-refractivity contribution in [1.82, 2.24) is 10.6 Å². The number of carbonyl (C=O) groups is 3. The summed E-state index contributed by atoms with van der Waals surface area (Å²) in [6.45, 7) is 2.92. The molecule has 0 spiro atoms. The Kier molecular flexibility index (Phi) is 7.73. The van der Waals surface area contributed by atoms with E-state index < -0.39 is 17.5 Å². The van der Waals surface area contributed by atoms with Gasteiger partial charge in [0.2, 0.25) is 5.91 Å². The van der Waals surface area contributed by atoms with Gasteiger partial charge in [0.05, 0.1) is 5.41 Å². The molecule has 0 atom stereocenters. The Hall–Kier alpha value is -3.35. The molecule has 1 saturated carbocycles. The SMILES string of the molecule is CC1CCC(CNC(=O)OCC2c3ccccc3-c3ccccc32)(C(=O)NCCCC(=O)O)CC1. The fraction of sp³-hybridized carbons (Fsp3) is 0.464. The molecule has 2 aliphatic carbocycles. The first-order valence-corrected chi connectivity index (χ1v) is 12.5. The molecule has 0 heterocycles. The van der Waals surface area contributed by atoms with Crippen LogP contribution in [0.5, 0.6) is 0 Å². The van der Waals surface area contributed by atoms with Crippen LogP contribution in [0.15, 0.2) is 48.5 Å². The number of ether oxygens (including phenoxy) is 1. The molecule has 0 aliphatic heterocycles. The molecule has 0 radical (unpaired) electrons. The van der Waals surface area contributed by atoms with Gasteiger partial charge in [0.25, 0.3) is 0 Å². The zero-order chi connectivity index (χ0) is 24.8. The smallest absolute Gasteiger partial charge is 0.407 e. The minimum atomic E-state index is -0.877. The molecule has 0 bridgehead atoms. The summed E-state index contributed by atoms with van der Waals surface area (Å²) in [4.78, 5) is 36.5. The average molecular weight is 479 g/mol. The van der Waals surface area contributed by atoms with Crippen LogP contribution >= 0.6 is 0 Å². The van der Waals surface area contributed by atoms with Gasteiger partial charge in [0.15, 0.2) is 0 Å². The summed E-state index contributed by atoms with van der Waals surface area (Å²) < 4.78 is 5.65. The number of hydrogen-bond acceptors (Lipinski definition) is 4. The van der Waals surface area contributed by atoms with E-state index in [-0.39, 0.29) is 31.4 Å². The number of carboxylic acid groups (broad SMARTS) is 1. The molecule has 2 aliphatic rings. The number of rotatable bonds is 9. The first-order chi connectivity index (χ1) is 16.9. The number of amides is 2. The van der Waals surface area contributed by atoms with Crippen molar-refractivity contribution in [2.45, 2.75) is 51.4 Å². The van der Waals surface area contributed by atoms with E-state index in [9.17, 15) is 14.4 Å². The van der Waals surface area contributed by atoms with Crippen molar-refractivity contribution in [3.8, 4) is 11.1 Å². The topological polar surface area (TPSA) is 105 Å². The minimum absolute atomic E-state index is 0.0162. The van der Waals surface area contributed by atoms with Gasteiger partial charge in [-0.15, -0.1) is 0 Å². The number of aliphatic carboxylic acids is 1. The second kappa shape index (κ2) is 10.9. The van der Waals surface area contributed by atoms with E-state index in [1.165, 1.54) is 11.1 Å². The van der Waals surface area contributed by atoms with Crippen LogP contribution in [-0.4, -0.2) is 42.8 Å². The van der Waals surface area contributed by atoms with E-state index in [4.69, 9.17) is 9.84 Å². The second-order valence-electron chi connectivity index (χ2n) is 9.90. The Morgan fingerprint density at radius 3 is 2.17 bits per heavy atom. The Bertz CT molecular complexity index is 1030. The first-order valence-electron chi connectivity index (χ1n) is 12.5. The normalized spacial score (nSPS) is 21.0. The van der Waals surface area contributed by atoms with Crippen LogP contribution in [0.2, 0.25) is 0 Å². The van der Waals surface area contributed by atoms with E-state index in [0.717, 1.165) is 24.0 Å². The lowest BCUT2D eigenvalue weighted by Gasteiger charge is -2.38. The maximum atomic E-state index is 13.1. The predicted molar refractivity (Wildman–Crippen MR) is 133 cm³/mol. The Morgan fingerprint density at radius 2 is 1.57 bits per heavy atom. The fourth-order valence-electron chi connectivity index (χ4n) is 5.32. The monoisotopic (exact) mass is 478 g/mol. The summed E-state index contributed by atoms with van der Waals surface area (Å²) in [6, 6.07) is 16.4. The van der Waals surface area contributed by atoms with Gasteiger partial charge in [-0.2, -0.15) is 0 Å². The summed E-state index contributed by atoms with van der Waals surface area (Å²) in [7, 11) is 0. The number of carboxylic acids is 1. The lowest BCUT2D eigenvalue weighted by molar-refractivity contribution is -0.138. The van der Waals surface area contributed by atoms with E-state index in [0.29, 0.717) is 31.7 Å². The molecule has 4 rings (SSSR count). The van der Waals surface area contributed by atoms with Gasteiger partial charge in [-0.25, -0.2) is 4.79 Å². The molecule has 7 nitrogen and oxygen atoms in total. The highest BCUT2D eigenvalue weighted by atomic mass is 16.5. The summed E-state index contributed by atoms with van der Waals surface area (Å²) in [5.74, 6) is -0.473. The van der Waals surface area contributed by atoms with Crippen LogP contribution in [0, 0.1) is 11.3 Å². The Morgan fingerprint density at radius 1 is 0.971 bits per heavy atom. The standard InChI is InChI=1S/C28H34N2O5/c1-19-12-14-28(15-13-19,26(33)29-16-6-11-25(31)32)18-30-27(34)35-17-24-22-9-4-2-7-20(22)21-8-3-5-10-23(21)24/h2-5,7-10,19,24H,6,11-18H2,1H3,(H,29,33)(H,30,34)(H,31,32). The van der Waals surface area contributed by atoms with Gasteiger partial charge in [-0.1, -0.05) is 55.5 Å². The van der Waals surface area contributed by atoms with Crippen molar-refractivity contribution in [2.75, 3.05) is 19.7 Å². The summed E-state index contributed by atoms with van der Waals surface area (Å²) >= 11 is 0. The molecule has 2 aromatic carbocycles. The first kappa shape index (κ1) is 24.8. The highest BCUT2D eigenvalue weighted by Gasteiger charge is 2.41. The van der Waals surface area contributed by atoms with Crippen LogP contribution in [0.3, 0.4) is 0 Å². The zero-order valence-electron chi connectivity index (χ0n) is 20.2. The predicted octanol–water partition coefficient (Wildman–Crippen LogP) is 4.70. The van der Waals surface area contributed by atoms with Crippen LogP contribution in [0.25, 0.3) is 11.1 Å². The second-order valence-corrected chi connectivity index (χ2v) is 9.90. The van der Waals surface area contributed by atoms with Gasteiger partial charge in [0.1, 0.15) is 6.61 Å². The van der Waals surface area contributed by atoms with Crippen LogP contribution in [0.1, 0.15) is 62.5 Å². The maximum Gasteiger partial charge on any atom is 0.407 e. The van der Waals surface area contributed by atoms with E-state index in [1.807, 2.05) is 24.3 Å². The molecule has 3 N–H and O–H groups in total. The third-order valence-corrected chi connectivity index (χ3v) is 7.48. The molecular weight excluding hydrogens is 444 g/mol. The molecule has 2 aromatic rings. The number of alkyl carbamates (subject to hydrolysis) is 1. The summed E-state index contributed by atoms with van der Waals surface area (Å²) in [6.07, 6.45) is 3.06. The summed E-state index contributed by atoms with van der Waals surface area (Å²) in [5, 5.41) is 14.6. The van der Waals surface area contributed by atoms with E-state index in [1.54, 1.807) is 0 Å². The molecule has 2 amide bonds.